The molecule has 1 saturated heterocycles. The highest BCUT2D eigenvalue weighted by Gasteiger charge is 2.21. The van der Waals surface area contributed by atoms with Crippen molar-refractivity contribution in [2.45, 2.75) is 13.2 Å². The van der Waals surface area contributed by atoms with Gasteiger partial charge in [-0.15, -0.1) is 0 Å². The van der Waals surface area contributed by atoms with Crippen LogP contribution in [0.1, 0.15) is 5.82 Å². The largest absolute Gasteiger partial charge is 0.495 e. The molecule has 0 atom stereocenters. The Morgan fingerprint density at radius 2 is 1.80 bits per heavy atom. The number of hydrogen-bond donors (Lipinski definition) is 2. The fourth-order valence-corrected chi connectivity index (χ4v) is 3.84. The van der Waals surface area contributed by atoms with E-state index in [-0.39, 0.29) is 0 Å². The van der Waals surface area contributed by atoms with Gasteiger partial charge in [-0.2, -0.15) is 5.10 Å². The molecule has 1 aliphatic heterocycles. The summed E-state index contributed by atoms with van der Waals surface area (Å²) in [4.78, 5) is 9.65. The van der Waals surface area contributed by atoms with Crippen molar-refractivity contribution < 1.29 is 4.74 Å². The number of hydrogen-bond acceptors (Lipinski definition) is 7. The lowest BCUT2D eigenvalue weighted by Gasteiger charge is -2.35. The van der Waals surface area contributed by atoms with Crippen LogP contribution in [0.15, 0.2) is 48.5 Å². The molecule has 2 heterocycles. The first-order valence-corrected chi connectivity index (χ1v) is 10.2. The fourth-order valence-electron chi connectivity index (χ4n) is 3.84. The van der Waals surface area contributed by atoms with E-state index in [1.807, 2.05) is 29.9 Å². The lowest BCUT2D eigenvalue weighted by molar-refractivity contribution is 0.243. The number of ether oxygens (including phenoxy) is 1. The summed E-state index contributed by atoms with van der Waals surface area (Å²) >= 11 is 0. The number of nitrogens with one attached hydrogen (secondary N) is 1. The molecule has 0 radical (unpaired) electrons. The number of piperazine rings is 1. The smallest absolute Gasteiger partial charge is 0.165 e. The molecule has 8 nitrogen and oxygen atoms in total. The van der Waals surface area contributed by atoms with Gasteiger partial charge in [0, 0.05) is 37.4 Å². The standard InChI is InChI=1S/C22H29N7O/c1-24-16-29-22(18-9-6-10-19(30-2)21(18)23)25-20(26-29)15-27-11-13-28(14-12-27)17-7-4-3-5-8-17/h3-10,24H,11-16,23H2,1-2H3. The first kappa shape index (κ1) is 20.2. The van der Waals surface area contributed by atoms with Crippen LogP contribution < -0.4 is 20.7 Å². The van der Waals surface area contributed by atoms with Gasteiger partial charge in [0.2, 0.25) is 0 Å². The van der Waals surface area contributed by atoms with Crippen molar-refractivity contribution in [3.8, 4) is 17.1 Å². The number of benzene rings is 2. The van der Waals surface area contributed by atoms with E-state index in [1.165, 1.54) is 5.69 Å². The van der Waals surface area contributed by atoms with Crippen LogP contribution in [-0.4, -0.2) is 60.0 Å². The average molecular weight is 408 g/mol. The van der Waals surface area contributed by atoms with Gasteiger partial charge in [0.05, 0.1) is 26.0 Å². The lowest BCUT2D eigenvalue weighted by atomic mass is 10.1. The van der Waals surface area contributed by atoms with Crippen molar-refractivity contribution in [1.29, 1.82) is 0 Å². The number of para-hydroxylation sites is 2. The Balaban J connectivity index is 1.49. The maximum Gasteiger partial charge on any atom is 0.165 e. The number of nitrogen functional groups attached to an aromatic ring is 1. The van der Waals surface area contributed by atoms with Gasteiger partial charge in [0.1, 0.15) is 5.75 Å². The van der Waals surface area contributed by atoms with E-state index < -0.39 is 0 Å². The monoisotopic (exact) mass is 407 g/mol. The average Bonchev–Trinajstić information content (AvgIpc) is 3.17. The topological polar surface area (TPSA) is 84.5 Å². The van der Waals surface area contributed by atoms with E-state index in [2.05, 4.69) is 45.4 Å². The van der Waals surface area contributed by atoms with Gasteiger partial charge in [-0.25, -0.2) is 9.67 Å². The first-order chi connectivity index (χ1) is 14.7. The van der Waals surface area contributed by atoms with E-state index in [9.17, 15) is 0 Å². The van der Waals surface area contributed by atoms with Crippen molar-refractivity contribution >= 4 is 11.4 Å². The summed E-state index contributed by atoms with van der Waals surface area (Å²) in [6.07, 6.45) is 0. The van der Waals surface area contributed by atoms with Crippen molar-refractivity contribution in [2.75, 3.05) is 51.0 Å². The molecule has 2 aromatic carbocycles. The highest BCUT2D eigenvalue weighted by molar-refractivity contribution is 5.76. The summed E-state index contributed by atoms with van der Waals surface area (Å²) in [5.74, 6) is 2.19. The number of anilines is 2. The minimum absolute atomic E-state index is 0.556. The molecule has 3 aromatic rings. The van der Waals surface area contributed by atoms with Crippen LogP contribution >= 0.6 is 0 Å². The number of methoxy groups -OCH3 is 1. The van der Waals surface area contributed by atoms with E-state index in [0.29, 0.717) is 18.1 Å². The number of nitrogens with zero attached hydrogens (tertiary/aromatic N) is 5. The Hall–Kier alpha value is -3.10. The third kappa shape index (κ3) is 4.24. The van der Waals surface area contributed by atoms with Crippen LogP contribution in [0.3, 0.4) is 0 Å². The molecule has 4 rings (SSSR count). The van der Waals surface area contributed by atoms with E-state index in [4.69, 9.17) is 20.6 Å². The van der Waals surface area contributed by atoms with Crippen molar-refractivity contribution in [3.63, 3.8) is 0 Å². The molecule has 3 N–H and O–H groups in total. The summed E-state index contributed by atoms with van der Waals surface area (Å²) in [5, 5.41) is 7.89. The molecule has 158 valence electrons. The zero-order chi connectivity index (χ0) is 20.9. The van der Waals surface area contributed by atoms with Gasteiger partial charge in [-0.05, 0) is 31.3 Å². The third-order valence-corrected chi connectivity index (χ3v) is 5.41. The van der Waals surface area contributed by atoms with Crippen molar-refractivity contribution in [1.82, 2.24) is 25.0 Å². The zero-order valence-electron chi connectivity index (χ0n) is 17.6. The summed E-state index contributed by atoms with van der Waals surface area (Å²) < 4.78 is 7.23. The van der Waals surface area contributed by atoms with Crippen LogP contribution in [-0.2, 0) is 13.2 Å². The van der Waals surface area contributed by atoms with E-state index in [1.54, 1.807) is 7.11 Å². The lowest BCUT2D eigenvalue weighted by Crippen LogP contribution is -2.46. The summed E-state index contributed by atoms with van der Waals surface area (Å²) in [6.45, 7) is 5.23. The molecule has 1 aromatic heterocycles. The van der Waals surface area contributed by atoms with Gasteiger partial charge in [-0.1, -0.05) is 24.3 Å². The predicted octanol–water partition coefficient (Wildman–Crippen LogP) is 2.03. The maximum absolute atomic E-state index is 6.31. The normalized spacial score (nSPS) is 14.8. The number of rotatable bonds is 7. The van der Waals surface area contributed by atoms with Gasteiger partial charge in [0.25, 0.3) is 0 Å². The minimum Gasteiger partial charge on any atom is -0.495 e. The second-order valence-electron chi connectivity index (χ2n) is 7.38. The predicted molar refractivity (Wildman–Crippen MR) is 119 cm³/mol. The van der Waals surface area contributed by atoms with Crippen LogP contribution in [0.2, 0.25) is 0 Å². The Kier molecular flexibility index (Phi) is 6.15. The molecule has 1 aliphatic rings. The molecular formula is C22H29N7O. The number of aromatic nitrogens is 3. The molecule has 1 fully saturated rings. The number of nitrogens with two attached hydrogens (primary N) is 1. The van der Waals surface area contributed by atoms with Gasteiger partial charge in [0.15, 0.2) is 11.6 Å². The maximum atomic E-state index is 6.31. The van der Waals surface area contributed by atoms with Gasteiger partial charge < -0.3 is 20.7 Å². The first-order valence-electron chi connectivity index (χ1n) is 10.2. The summed E-state index contributed by atoms with van der Waals surface area (Å²) in [6, 6.07) is 16.3. The second kappa shape index (κ2) is 9.15. The molecule has 0 amide bonds. The molecule has 8 heteroatoms. The molecule has 30 heavy (non-hydrogen) atoms. The quantitative estimate of drug-likeness (QED) is 0.580. The van der Waals surface area contributed by atoms with E-state index >= 15 is 0 Å². The van der Waals surface area contributed by atoms with Crippen LogP contribution in [0, 0.1) is 0 Å². The summed E-state index contributed by atoms with van der Waals surface area (Å²) in [7, 11) is 3.51. The Bertz CT molecular complexity index is 965. The summed E-state index contributed by atoms with van der Waals surface area (Å²) in [5.41, 5.74) is 9.00. The Morgan fingerprint density at radius 1 is 1.03 bits per heavy atom. The van der Waals surface area contributed by atoms with Gasteiger partial charge in [-0.3, -0.25) is 4.90 Å². The molecule has 0 unspecified atom stereocenters. The van der Waals surface area contributed by atoms with Crippen LogP contribution in [0.25, 0.3) is 11.4 Å². The SMILES string of the molecule is CNCn1nc(CN2CCN(c3ccccc3)CC2)nc1-c1cccc(OC)c1N. The van der Waals surface area contributed by atoms with Crippen LogP contribution in [0.5, 0.6) is 5.75 Å². The molecule has 0 aliphatic carbocycles. The zero-order valence-corrected chi connectivity index (χ0v) is 17.6. The minimum atomic E-state index is 0.556. The Morgan fingerprint density at radius 3 is 2.50 bits per heavy atom. The fraction of sp³-hybridized carbons (Fsp3) is 0.364. The van der Waals surface area contributed by atoms with Crippen molar-refractivity contribution in [2.24, 2.45) is 0 Å². The third-order valence-electron chi connectivity index (χ3n) is 5.41. The second-order valence-corrected chi connectivity index (χ2v) is 7.38. The van der Waals surface area contributed by atoms with Gasteiger partial charge >= 0.3 is 0 Å². The van der Waals surface area contributed by atoms with E-state index in [0.717, 1.165) is 49.9 Å². The van der Waals surface area contributed by atoms with Crippen molar-refractivity contribution in [3.05, 3.63) is 54.4 Å². The molecular weight excluding hydrogens is 378 g/mol. The molecule has 0 saturated carbocycles. The Labute approximate surface area is 177 Å². The van der Waals surface area contributed by atoms with Crippen LogP contribution in [0.4, 0.5) is 11.4 Å². The molecule has 0 spiro atoms. The highest BCUT2D eigenvalue weighted by Crippen LogP contribution is 2.32. The highest BCUT2D eigenvalue weighted by atomic mass is 16.5. The molecule has 0 bridgehead atoms.